The van der Waals surface area contributed by atoms with Gasteiger partial charge < -0.3 is 20.1 Å². The lowest BCUT2D eigenvalue weighted by Crippen LogP contribution is -2.28. The largest absolute Gasteiger partial charge is 0.465 e. The first-order chi connectivity index (χ1) is 12.0. The van der Waals surface area contributed by atoms with Gasteiger partial charge in [0.15, 0.2) is 0 Å². The number of hydrogen-bond acceptors (Lipinski definition) is 7. The number of carbonyl (C=O) groups excluding carboxylic acids is 2. The lowest BCUT2D eigenvalue weighted by molar-refractivity contribution is 0.0600. The van der Waals surface area contributed by atoms with Crippen molar-refractivity contribution in [1.29, 1.82) is 0 Å². The maximum atomic E-state index is 12.1. The molecule has 1 amide bonds. The van der Waals surface area contributed by atoms with Gasteiger partial charge in [-0.1, -0.05) is 0 Å². The Morgan fingerprint density at radius 2 is 1.84 bits per heavy atom. The molecule has 0 radical (unpaired) electrons. The number of nitrogens with one attached hydrogen (secondary N) is 2. The summed E-state index contributed by atoms with van der Waals surface area (Å²) in [6.45, 7) is 2.60. The standard InChI is InChI=1S/C17H20N4O4/c1-11-10-14(15(22)18-8-9-24-2)21-17(19-11)20-13-6-4-12(5-7-13)16(23)25-3/h4-7,10H,8-9H2,1-3H3,(H,18,22)(H,19,20,21). The van der Waals surface area contributed by atoms with Crippen molar-refractivity contribution >= 4 is 23.5 Å². The molecule has 0 saturated carbocycles. The Bertz CT molecular complexity index is 747. The van der Waals surface area contributed by atoms with Crippen LogP contribution in [-0.4, -0.2) is 49.2 Å². The Kier molecular flexibility index (Phi) is 6.41. The summed E-state index contributed by atoms with van der Waals surface area (Å²) in [5.41, 5.74) is 2.04. The first kappa shape index (κ1) is 18.3. The minimum Gasteiger partial charge on any atom is -0.465 e. The second kappa shape index (κ2) is 8.74. The summed E-state index contributed by atoms with van der Waals surface area (Å²) in [6, 6.07) is 8.27. The Balaban J connectivity index is 2.11. The topological polar surface area (TPSA) is 102 Å². The maximum Gasteiger partial charge on any atom is 0.337 e. The number of benzene rings is 1. The molecule has 2 rings (SSSR count). The summed E-state index contributed by atoms with van der Waals surface area (Å²) in [4.78, 5) is 32.0. The van der Waals surface area contributed by atoms with Crippen molar-refractivity contribution in [3.63, 3.8) is 0 Å². The van der Waals surface area contributed by atoms with Crippen LogP contribution in [0.25, 0.3) is 0 Å². The molecule has 132 valence electrons. The second-order valence-electron chi connectivity index (χ2n) is 5.16. The number of aromatic nitrogens is 2. The average Bonchev–Trinajstić information content (AvgIpc) is 2.61. The van der Waals surface area contributed by atoms with Crippen LogP contribution in [0.15, 0.2) is 30.3 Å². The van der Waals surface area contributed by atoms with Gasteiger partial charge in [-0.05, 0) is 37.3 Å². The number of esters is 1. The van der Waals surface area contributed by atoms with Crippen molar-refractivity contribution in [3.8, 4) is 0 Å². The molecular weight excluding hydrogens is 324 g/mol. The zero-order valence-electron chi connectivity index (χ0n) is 14.3. The van der Waals surface area contributed by atoms with E-state index in [0.717, 1.165) is 0 Å². The predicted molar refractivity (Wildman–Crippen MR) is 92.0 cm³/mol. The molecule has 8 heteroatoms. The third-order valence-corrected chi connectivity index (χ3v) is 3.24. The predicted octanol–water partition coefficient (Wildman–Crippen LogP) is 1.69. The van der Waals surface area contributed by atoms with E-state index in [2.05, 4.69) is 25.3 Å². The van der Waals surface area contributed by atoms with Crippen molar-refractivity contribution in [3.05, 3.63) is 47.3 Å². The van der Waals surface area contributed by atoms with E-state index in [1.165, 1.54) is 7.11 Å². The highest BCUT2D eigenvalue weighted by atomic mass is 16.5. The molecule has 0 unspecified atom stereocenters. The lowest BCUT2D eigenvalue weighted by atomic mass is 10.2. The number of amides is 1. The zero-order chi connectivity index (χ0) is 18.2. The van der Waals surface area contributed by atoms with Gasteiger partial charge in [0.25, 0.3) is 5.91 Å². The zero-order valence-corrected chi connectivity index (χ0v) is 14.3. The van der Waals surface area contributed by atoms with Crippen LogP contribution in [0, 0.1) is 6.92 Å². The van der Waals surface area contributed by atoms with Gasteiger partial charge in [0.2, 0.25) is 5.95 Å². The SMILES string of the molecule is COCCNC(=O)c1cc(C)nc(Nc2ccc(C(=O)OC)cc2)n1. The highest BCUT2D eigenvalue weighted by Gasteiger charge is 2.11. The fourth-order valence-corrected chi connectivity index (χ4v) is 2.03. The summed E-state index contributed by atoms with van der Waals surface area (Å²) >= 11 is 0. The molecule has 0 bridgehead atoms. The number of rotatable bonds is 7. The molecule has 1 aromatic heterocycles. The van der Waals surface area contributed by atoms with E-state index in [4.69, 9.17) is 4.74 Å². The fourth-order valence-electron chi connectivity index (χ4n) is 2.03. The van der Waals surface area contributed by atoms with Crippen molar-refractivity contribution in [2.45, 2.75) is 6.92 Å². The Morgan fingerprint density at radius 3 is 2.48 bits per heavy atom. The Labute approximate surface area is 145 Å². The normalized spacial score (nSPS) is 10.2. The second-order valence-corrected chi connectivity index (χ2v) is 5.16. The maximum absolute atomic E-state index is 12.1. The van der Waals surface area contributed by atoms with Crippen molar-refractivity contribution < 1.29 is 19.1 Å². The molecule has 0 aliphatic rings. The van der Waals surface area contributed by atoms with Crippen LogP contribution in [0.4, 0.5) is 11.6 Å². The molecule has 0 spiro atoms. The Hall–Kier alpha value is -3.00. The molecule has 2 aromatic rings. The number of hydrogen-bond donors (Lipinski definition) is 2. The van der Waals surface area contributed by atoms with Crippen LogP contribution in [0.5, 0.6) is 0 Å². The van der Waals surface area contributed by atoms with Crippen molar-refractivity contribution in [2.24, 2.45) is 0 Å². The van der Waals surface area contributed by atoms with E-state index < -0.39 is 5.97 Å². The minimum atomic E-state index is -0.409. The summed E-state index contributed by atoms with van der Waals surface area (Å²) in [5.74, 6) is -0.414. The van der Waals surface area contributed by atoms with Gasteiger partial charge in [-0.2, -0.15) is 0 Å². The van der Waals surface area contributed by atoms with Gasteiger partial charge in [0.1, 0.15) is 5.69 Å². The first-order valence-electron chi connectivity index (χ1n) is 7.61. The van der Waals surface area contributed by atoms with Crippen LogP contribution in [0.2, 0.25) is 0 Å². The van der Waals surface area contributed by atoms with Gasteiger partial charge >= 0.3 is 5.97 Å². The van der Waals surface area contributed by atoms with Crippen LogP contribution in [0.3, 0.4) is 0 Å². The minimum absolute atomic E-state index is 0.261. The van der Waals surface area contributed by atoms with E-state index in [0.29, 0.717) is 36.0 Å². The Morgan fingerprint density at radius 1 is 1.12 bits per heavy atom. The van der Waals surface area contributed by atoms with Gasteiger partial charge in [-0.3, -0.25) is 4.79 Å². The molecule has 0 saturated heterocycles. The summed E-state index contributed by atoms with van der Waals surface area (Å²) < 4.78 is 9.55. The van der Waals surface area contributed by atoms with Gasteiger partial charge in [0, 0.05) is 25.0 Å². The quantitative estimate of drug-likeness (QED) is 0.582. The monoisotopic (exact) mass is 344 g/mol. The third-order valence-electron chi connectivity index (χ3n) is 3.24. The lowest BCUT2D eigenvalue weighted by Gasteiger charge is -2.09. The van der Waals surface area contributed by atoms with Crippen molar-refractivity contribution in [1.82, 2.24) is 15.3 Å². The van der Waals surface area contributed by atoms with Gasteiger partial charge in [-0.25, -0.2) is 14.8 Å². The van der Waals surface area contributed by atoms with Crippen LogP contribution in [0.1, 0.15) is 26.5 Å². The van der Waals surface area contributed by atoms with E-state index in [1.54, 1.807) is 44.4 Å². The molecule has 1 aromatic carbocycles. The van der Waals surface area contributed by atoms with Crippen molar-refractivity contribution in [2.75, 3.05) is 32.7 Å². The van der Waals surface area contributed by atoms with Crippen LogP contribution < -0.4 is 10.6 Å². The summed E-state index contributed by atoms with van der Waals surface area (Å²) in [7, 11) is 2.89. The smallest absolute Gasteiger partial charge is 0.337 e. The summed E-state index contributed by atoms with van der Waals surface area (Å²) in [5, 5.41) is 5.72. The highest BCUT2D eigenvalue weighted by Crippen LogP contribution is 2.15. The van der Waals surface area contributed by atoms with E-state index in [9.17, 15) is 9.59 Å². The molecular formula is C17H20N4O4. The van der Waals surface area contributed by atoms with Crippen LogP contribution >= 0.6 is 0 Å². The van der Waals surface area contributed by atoms with E-state index in [1.807, 2.05) is 0 Å². The molecule has 1 heterocycles. The fraction of sp³-hybridized carbons (Fsp3) is 0.294. The number of methoxy groups -OCH3 is 2. The average molecular weight is 344 g/mol. The number of carbonyl (C=O) groups is 2. The molecule has 0 aliphatic heterocycles. The third kappa shape index (κ3) is 5.25. The highest BCUT2D eigenvalue weighted by molar-refractivity contribution is 5.92. The molecule has 25 heavy (non-hydrogen) atoms. The number of nitrogens with zero attached hydrogens (tertiary/aromatic N) is 2. The molecule has 8 nitrogen and oxygen atoms in total. The number of anilines is 2. The summed E-state index contributed by atoms with van der Waals surface area (Å²) in [6.07, 6.45) is 0. The molecule has 0 fully saturated rings. The molecule has 2 N–H and O–H groups in total. The van der Waals surface area contributed by atoms with E-state index >= 15 is 0 Å². The molecule has 0 atom stereocenters. The van der Waals surface area contributed by atoms with Crippen LogP contribution in [-0.2, 0) is 9.47 Å². The van der Waals surface area contributed by atoms with Gasteiger partial charge in [0.05, 0.1) is 19.3 Å². The number of ether oxygens (including phenoxy) is 2. The number of aryl methyl sites for hydroxylation is 1. The first-order valence-corrected chi connectivity index (χ1v) is 7.61. The molecule has 0 aliphatic carbocycles. The van der Waals surface area contributed by atoms with Gasteiger partial charge in [-0.15, -0.1) is 0 Å². The van der Waals surface area contributed by atoms with E-state index in [-0.39, 0.29) is 11.6 Å².